The fourth-order valence-electron chi connectivity index (χ4n) is 2.09. The van der Waals surface area contributed by atoms with Crippen LogP contribution < -0.4 is 10.6 Å². The molecule has 126 valence electrons. The largest absolute Gasteiger partial charge is 0.399 e. The Labute approximate surface area is 138 Å². The number of hydrogen-bond acceptors (Lipinski definition) is 4. The van der Waals surface area contributed by atoms with Crippen molar-refractivity contribution in [1.82, 2.24) is 0 Å². The number of aryl methyl sites for hydroxylation is 1. The number of benzene rings is 2. The molecule has 6 heteroatoms. The molecule has 0 unspecified atom stereocenters. The molecular weight excluding hydrogens is 312 g/mol. The highest BCUT2D eigenvalue weighted by molar-refractivity contribution is 7.85. The molecule has 0 aromatic heterocycles. The molecule has 0 aliphatic rings. The van der Waals surface area contributed by atoms with Gasteiger partial charge in [-0.25, -0.2) is 0 Å². The fraction of sp³-hybridized carbons (Fsp3) is 0.294. The smallest absolute Gasteiger partial charge is 0.294 e. The third-order valence-electron chi connectivity index (χ3n) is 3.29. The van der Waals surface area contributed by atoms with Crippen molar-refractivity contribution in [3.8, 4) is 0 Å². The summed E-state index contributed by atoms with van der Waals surface area (Å²) in [6, 6.07) is 14.1. The van der Waals surface area contributed by atoms with E-state index in [-0.39, 0.29) is 4.90 Å². The van der Waals surface area contributed by atoms with Crippen LogP contribution in [0.1, 0.15) is 19.4 Å². The minimum Gasteiger partial charge on any atom is -0.399 e. The van der Waals surface area contributed by atoms with Crippen LogP contribution in [0.5, 0.6) is 0 Å². The number of rotatable bonds is 4. The van der Waals surface area contributed by atoms with Gasteiger partial charge in [0.05, 0.1) is 4.90 Å². The molecule has 0 aliphatic heterocycles. The molecule has 5 nitrogen and oxygen atoms in total. The lowest BCUT2D eigenvalue weighted by Crippen LogP contribution is -2.21. The Morgan fingerprint density at radius 3 is 2.09 bits per heavy atom. The van der Waals surface area contributed by atoms with Crippen LogP contribution in [-0.4, -0.2) is 26.1 Å². The SMILES string of the molecule is CCN(CC)c1cccc(C)c1.Nc1cccc(S(=O)(=O)O)c1. The van der Waals surface area contributed by atoms with Gasteiger partial charge in [-0.05, 0) is 56.7 Å². The number of hydrogen-bond donors (Lipinski definition) is 2. The maximum Gasteiger partial charge on any atom is 0.294 e. The number of anilines is 2. The normalized spacial score (nSPS) is 10.6. The Bertz CT molecular complexity index is 726. The third kappa shape index (κ3) is 6.30. The zero-order valence-electron chi connectivity index (χ0n) is 13.7. The van der Waals surface area contributed by atoms with Crippen molar-refractivity contribution >= 4 is 21.5 Å². The third-order valence-corrected chi connectivity index (χ3v) is 4.14. The van der Waals surface area contributed by atoms with Gasteiger partial charge in [0.2, 0.25) is 0 Å². The van der Waals surface area contributed by atoms with Crippen molar-refractivity contribution in [3.63, 3.8) is 0 Å². The molecule has 0 amide bonds. The van der Waals surface area contributed by atoms with Gasteiger partial charge in [-0.15, -0.1) is 0 Å². The maximum absolute atomic E-state index is 10.5. The van der Waals surface area contributed by atoms with Crippen molar-refractivity contribution in [1.29, 1.82) is 0 Å². The molecule has 0 aliphatic carbocycles. The second-order valence-corrected chi connectivity index (χ2v) is 6.48. The first-order chi connectivity index (χ1) is 10.8. The Morgan fingerprint density at radius 2 is 1.65 bits per heavy atom. The van der Waals surface area contributed by atoms with Crippen molar-refractivity contribution in [3.05, 3.63) is 54.1 Å². The van der Waals surface area contributed by atoms with E-state index in [9.17, 15) is 8.42 Å². The van der Waals surface area contributed by atoms with Gasteiger partial charge in [-0.1, -0.05) is 18.2 Å². The summed E-state index contributed by atoms with van der Waals surface area (Å²) in [6.45, 7) is 8.67. The molecular formula is C17H24N2O3S. The van der Waals surface area contributed by atoms with E-state index >= 15 is 0 Å². The van der Waals surface area contributed by atoms with Crippen LogP contribution in [-0.2, 0) is 10.1 Å². The molecule has 0 radical (unpaired) electrons. The molecule has 0 saturated carbocycles. The average Bonchev–Trinajstić information content (AvgIpc) is 2.48. The van der Waals surface area contributed by atoms with Crippen LogP contribution in [0.25, 0.3) is 0 Å². The average molecular weight is 336 g/mol. The first kappa shape index (κ1) is 19.0. The van der Waals surface area contributed by atoms with Crippen LogP contribution in [0.4, 0.5) is 11.4 Å². The van der Waals surface area contributed by atoms with Gasteiger partial charge in [0, 0.05) is 24.5 Å². The van der Waals surface area contributed by atoms with Crippen molar-refractivity contribution < 1.29 is 13.0 Å². The minimum absolute atomic E-state index is 0.183. The first-order valence-electron chi connectivity index (χ1n) is 7.42. The summed E-state index contributed by atoms with van der Waals surface area (Å²) in [5.41, 5.74) is 8.25. The number of nitrogen functional groups attached to an aromatic ring is 1. The van der Waals surface area contributed by atoms with E-state index in [1.165, 1.54) is 35.5 Å². The summed E-state index contributed by atoms with van der Waals surface area (Å²) in [6.07, 6.45) is 0. The van der Waals surface area contributed by atoms with Gasteiger partial charge >= 0.3 is 0 Å². The second kappa shape index (κ2) is 8.55. The highest BCUT2D eigenvalue weighted by Crippen LogP contribution is 2.14. The zero-order valence-corrected chi connectivity index (χ0v) is 14.5. The fourth-order valence-corrected chi connectivity index (χ4v) is 2.62. The molecule has 2 rings (SSSR count). The van der Waals surface area contributed by atoms with E-state index in [2.05, 4.69) is 49.9 Å². The minimum atomic E-state index is -4.11. The summed E-state index contributed by atoms with van der Waals surface area (Å²) in [5, 5.41) is 0. The van der Waals surface area contributed by atoms with E-state index in [0.29, 0.717) is 5.69 Å². The molecule has 2 aromatic rings. The van der Waals surface area contributed by atoms with E-state index in [1.807, 2.05) is 0 Å². The highest BCUT2D eigenvalue weighted by Gasteiger charge is 2.07. The molecule has 0 spiro atoms. The summed E-state index contributed by atoms with van der Waals surface area (Å²) < 4.78 is 29.5. The summed E-state index contributed by atoms with van der Waals surface area (Å²) >= 11 is 0. The molecule has 0 atom stereocenters. The number of nitrogens with two attached hydrogens (primary N) is 1. The van der Waals surface area contributed by atoms with Gasteiger partial charge in [0.25, 0.3) is 10.1 Å². The van der Waals surface area contributed by atoms with Crippen LogP contribution >= 0.6 is 0 Å². The van der Waals surface area contributed by atoms with Gasteiger partial charge < -0.3 is 10.6 Å². The van der Waals surface area contributed by atoms with E-state index in [1.54, 1.807) is 0 Å². The molecule has 23 heavy (non-hydrogen) atoms. The standard InChI is InChI=1S/C11H17N.C6H7NO3S/c1-4-12(5-2)11-8-6-7-10(3)9-11;7-5-2-1-3-6(4-5)11(8,9)10/h6-9H,4-5H2,1-3H3;1-4H,7H2,(H,8,9,10). The molecule has 0 bridgehead atoms. The molecule has 2 aromatic carbocycles. The second-order valence-electron chi connectivity index (χ2n) is 5.06. The Morgan fingerprint density at radius 1 is 1.04 bits per heavy atom. The topological polar surface area (TPSA) is 83.6 Å². The van der Waals surface area contributed by atoms with Gasteiger partial charge in [-0.3, -0.25) is 4.55 Å². The lowest BCUT2D eigenvalue weighted by Gasteiger charge is -2.21. The Kier molecular flexibility index (Phi) is 7.06. The van der Waals surface area contributed by atoms with Crippen LogP contribution in [0.15, 0.2) is 53.4 Å². The van der Waals surface area contributed by atoms with E-state index in [0.717, 1.165) is 13.1 Å². The quantitative estimate of drug-likeness (QED) is 0.661. The summed E-state index contributed by atoms with van der Waals surface area (Å²) in [4.78, 5) is 2.17. The number of nitrogens with zero attached hydrogens (tertiary/aromatic N) is 1. The van der Waals surface area contributed by atoms with Gasteiger partial charge in [0.1, 0.15) is 0 Å². The van der Waals surface area contributed by atoms with Crippen molar-refractivity contribution in [2.45, 2.75) is 25.7 Å². The van der Waals surface area contributed by atoms with Crippen LogP contribution in [0, 0.1) is 6.92 Å². The van der Waals surface area contributed by atoms with Gasteiger partial charge in [-0.2, -0.15) is 8.42 Å². The predicted molar refractivity (Wildman–Crippen MR) is 95.4 cm³/mol. The maximum atomic E-state index is 10.5. The van der Waals surface area contributed by atoms with Crippen LogP contribution in [0.3, 0.4) is 0 Å². The summed E-state index contributed by atoms with van der Waals surface area (Å²) in [7, 11) is -4.11. The molecule has 3 N–H and O–H groups in total. The van der Waals surface area contributed by atoms with E-state index < -0.39 is 10.1 Å². The van der Waals surface area contributed by atoms with Crippen LogP contribution in [0.2, 0.25) is 0 Å². The predicted octanol–water partition coefficient (Wildman–Crippen LogP) is 3.36. The van der Waals surface area contributed by atoms with Crippen molar-refractivity contribution in [2.24, 2.45) is 0 Å². The lowest BCUT2D eigenvalue weighted by molar-refractivity contribution is 0.483. The highest BCUT2D eigenvalue weighted by atomic mass is 32.2. The Balaban J connectivity index is 0.000000231. The Hall–Kier alpha value is -2.05. The zero-order chi connectivity index (χ0) is 17.5. The van der Waals surface area contributed by atoms with E-state index in [4.69, 9.17) is 10.3 Å². The molecule has 0 fully saturated rings. The lowest BCUT2D eigenvalue weighted by atomic mass is 10.2. The van der Waals surface area contributed by atoms with Crippen molar-refractivity contribution in [2.75, 3.05) is 23.7 Å². The monoisotopic (exact) mass is 336 g/mol. The first-order valence-corrected chi connectivity index (χ1v) is 8.86. The molecule has 0 saturated heterocycles. The summed E-state index contributed by atoms with van der Waals surface area (Å²) in [5.74, 6) is 0. The molecule has 0 heterocycles. The van der Waals surface area contributed by atoms with Gasteiger partial charge in [0.15, 0.2) is 0 Å².